The summed E-state index contributed by atoms with van der Waals surface area (Å²) in [4.78, 5) is 32.4. The average molecular weight is 288 g/mol. The lowest BCUT2D eigenvalue weighted by Gasteiger charge is -2.10. The molecule has 0 saturated carbocycles. The number of methoxy groups -OCH3 is 1. The zero-order valence-corrected chi connectivity index (χ0v) is 10.6. The predicted octanol–water partition coefficient (Wildman–Crippen LogP) is 1.66. The maximum Gasteiger partial charge on any atom is 0.320 e. The van der Waals surface area contributed by atoms with Crippen molar-refractivity contribution in [2.24, 2.45) is 5.92 Å². The van der Waals surface area contributed by atoms with Gasteiger partial charge in [-0.05, 0) is 12.1 Å². The van der Waals surface area contributed by atoms with Crippen LogP contribution in [0.15, 0.2) is 18.2 Å². The lowest BCUT2D eigenvalue weighted by molar-refractivity contribution is -0.385. The molecule has 7 nitrogen and oxygen atoms in total. The second-order valence-corrected chi connectivity index (χ2v) is 4.08. The van der Waals surface area contributed by atoms with Crippen molar-refractivity contribution in [1.82, 2.24) is 0 Å². The number of benzene rings is 1. The normalized spacial score (nSPS) is 11.7. The van der Waals surface area contributed by atoms with E-state index in [0.717, 1.165) is 13.2 Å². The number of nitro groups is 1. The van der Waals surface area contributed by atoms with Crippen molar-refractivity contribution >= 4 is 29.2 Å². The van der Waals surface area contributed by atoms with E-state index in [4.69, 9.17) is 16.7 Å². The number of hydrogen-bond acceptors (Lipinski definition) is 5. The van der Waals surface area contributed by atoms with E-state index in [1.807, 2.05) is 0 Å². The number of nitrogens with zero attached hydrogens (tertiary/aromatic N) is 1. The van der Waals surface area contributed by atoms with Crippen molar-refractivity contribution < 1.29 is 24.4 Å². The van der Waals surface area contributed by atoms with Crippen LogP contribution < -0.4 is 0 Å². The van der Waals surface area contributed by atoms with Gasteiger partial charge in [0.15, 0.2) is 5.92 Å². The van der Waals surface area contributed by atoms with Crippen LogP contribution in [0.25, 0.3) is 0 Å². The standard InChI is InChI=1S/C11H10ClNO6/c1-19-11(16)8(10(14)15)5-6-4-7(12)2-3-9(6)13(17)18/h2-4,8H,5H2,1H3,(H,14,15). The van der Waals surface area contributed by atoms with Crippen molar-refractivity contribution in [2.75, 3.05) is 7.11 Å². The summed E-state index contributed by atoms with van der Waals surface area (Å²) in [7, 11) is 1.05. The molecule has 0 heterocycles. The van der Waals surface area contributed by atoms with E-state index in [9.17, 15) is 19.7 Å². The number of rotatable bonds is 5. The van der Waals surface area contributed by atoms with Crippen molar-refractivity contribution in [3.63, 3.8) is 0 Å². The summed E-state index contributed by atoms with van der Waals surface area (Å²) < 4.78 is 4.35. The number of aliphatic carboxylic acids is 1. The fourth-order valence-corrected chi connectivity index (χ4v) is 1.72. The zero-order chi connectivity index (χ0) is 14.6. The predicted molar refractivity (Wildman–Crippen MR) is 65.0 cm³/mol. The van der Waals surface area contributed by atoms with Gasteiger partial charge in [0, 0.05) is 23.1 Å². The molecular formula is C11H10ClNO6. The molecule has 0 aromatic heterocycles. The molecule has 0 bridgehead atoms. The Morgan fingerprint density at radius 1 is 1.53 bits per heavy atom. The molecule has 19 heavy (non-hydrogen) atoms. The van der Waals surface area contributed by atoms with E-state index in [1.165, 1.54) is 12.1 Å². The van der Waals surface area contributed by atoms with Crippen molar-refractivity contribution in [1.29, 1.82) is 0 Å². The van der Waals surface area contributed by atoms with Gasteiger partial charge in [-0.2, -0.15) is 0 Å². The van der Waals surface area contributed by atoms with Gasteiger partial charge in [0.2, 0.25) is 0 Å². The van der Waals surface area contributed by atoms with Crippen LogP contribution in [0.5, 0.6) is 0 Å². The molecule has 0 aliphatic rings. The number of carbonyl (C=O) groups is 2. The molecule has 0 spiro atoms. The minimum atomic E-state index is -1.51. The first-order valence-electron chi connectivity index (χ1n) is 5.10. The molecule has 1 aromatic rings. The third kappa shape index (κ3) is 3.65. The van der Waals surface area contributed by atoms with Crippen LogP contribution in [0.2, 0.25) is 5.02 Å². The Kier molecular flexibility index (Phi) is 4.82. The summed E-state index contributed by atoms with van der Waals surface area (Å²) in [5, 5.41) is 20.0. The van der Waals surface area contributed by atoms with E-state index in [0.29, 0.717) is 0 Å². The third-order valence-electron chi connectivity index (χ3n) is 2.45. The monoisotopic (exact) mass is 287 g/mol. The summed E-state index contributed by atoms with van der Waals surface area (Å²) >= 11 is 5.71. The Labute approximate surface area is 112 Å². The second kappa shape index (κ2) is 6.14. The molecule has 0 radical (unpaired) electrons. The highest BCUT2D eigenvalue weighted by molar-refractivity contribution is 6.30. The molecule has 0 fully saturated rings. The Morgan fingerprint density at radius 2 is 2.16 bits per heavy atom. The molecule has 0 aliphatic heterocycles. The van der Waals surface area contributed by atoms with Gasteiger partial charge in [-0.25, -0.2) is 0 Å². The first-order valence-corrected chi connectivity index (χ1v) is 5.48. The highest BCUT2D eigenvalue weighted by Gasteiger charge is 2.30. The number of halogens is 1. The van der Waals surface area contributed by atoms with Gasteiger partial charge < -0.3 is 9.84 Å². The fourth-order valence-electron chi connectivity index (χ4n) is 1.53. The van der Waals surface area contributed by atoms with Gasteiger partial charge in [-0.15, -0.1) is 0 Å². The highest BCUT2D eigenvalue weighted by Crippen LogP contribution is 2.25. The van der Waals surface area contributed by atoms with Crippen LogP contribution in [0.4, 0.5) is 5.69 Å². The lowest BCUT2D eigenvalue weighted by atomic mass is 9.98. The maximum atomic E-state index is 11.3. The average Bonchev–Trinajstić information content (AvgIpc) is 2.34. The van der Waals surface area contributed by atoms with Gasteiger partial charge in [0.05, 0.1) is 12.0 Å². The summed E-state index contributed by atoms with van der Waals surface area (Å²) in [6, 6.07) is 3.74. The number of ether oxygens (including phenoxy) is 1. The molecule has 1 atom stereocenters. The quantitative estimate of drug-likeness (QED) is 0.382. The molecule has 102 valence electrons. The fraction of sp³-hybridized carbons (Fsp3) is 0.273. The van der Waals surface area contributed by atoms with Crippen LogP contribution in [0.1, 0.15) is 5.56 Å². The number of carboxylic acid groups (broad SMARTS) is 1. The first kappa shape index (κ1) is 14.9. The van der Waals surface area contributed by atoms with E-state index in [-0.39, 0.29) is 22.7 Å². The SMILES string of the molecule is COC(=O)C(Cc1cc(Cl)ccc1[N+](=O)[O-])C(=O)O. The summed E-state index contributed by atoms with van der Waals surface area (Å²) in [5.41, 5.74) is -0.227. The largest absolute Gasteiger partial charge is 0.481 e. The molecule has 1 aromatic carbocycles. The summed E-state index contributed by atoms with van der Waals surface area (Å²) in [6.45, 7) is 0. The van der Waals surface area contributed by atoms with E-state index in [1.54, 1.807) is 0 Å². The van der Waals surface area contributed by atoms with E-state index < -0.39 is 22.8 Å². The van der Waals surface area contributed by atoms with Crippen LogP contribution in [0.3, 0.4) is 0 Å². The van der Waals surface area contributed by atoms with Crippen LogP contribution in [0, 0.1) is 16.0 Å². The molecule has 1 N–H and O–H groups in total. The number of hydrogen-bond donors (Lipinski definition) is 1. The van der Waals surface area contributed by atoms with Crippen LogP contribution in [-0.4, -0.2) is 29.1 Å². The smallest absolute Gasteiger partial charge is 0.320 e. The second-order valence-electron chi connectivity index (χ2n) is 3.65. The van der Waals surface area contributed by atoms with Crippen molar-refractivity contribution in [3.05, 3.63) is 38.9 Å². The number of carbonyl (C=O) groups excluding carboxylic acids is 1. The molecule has 1 unspecified atom stereocenters. The van der Waals surface area contributed by atoms with Gasteiger partial charge >= 0.3 is 11.9 Å². The molecule has 0 amide bonds. The summed E-state index contributed by atoms with van der Waals surface area (Å²) in [6.07, 6.45) is -0.362. The highest BCUT2D eigenvalue weighted by atomic mass is 35.5. The number of esters is 1. The minimum absolute atomic E-state index is 0.0651. The van der Waals surface area contributed by atoms with Gasteiger partial charge in [-0.3, -0.25) is 19.7 Å². The minimum Gasteiger partial charge on any atom is -0.481 e. The zero-order valence-electron chi connectivity index (χ0n) is 9.83. The Bertz CT molecular complexity index is 530. The Morgan fingerprint density at radius 3 is 2.63 bits per heavy atom. The Balaban J connectivity index is 3.15. The van der Waals surface area contributed by atoms with Crippen LogP contribution >= 0.6 is 11.6 Å². The first-order chi connectivity index (χ1) is 8.86. The van der Waals surface area contributed by atoms with Crippen LogP contribution in [-0.2, 0) is 20.7 Å². The molecule has 8 heteroatoms. The van der Waals surface area contributed by atoms with E-state index in [2.05, 4.69) is 4.74 Å². The molecule has 0 aliphatic carbocycles. The maximum absolute atomic E-state index is 11.3. The topological polar surface area (TPSA) is 107 Å². The van der Waals surface area contributed by atoms with Gasteiger partial charge in [0.25, 0.3) is 5.69 Å². The number of nitro benzene ring substituents is 1. The lowest BCUT2D eigenvalue weighted by Crippen LogP contribution is -2.27. The van der Waals surface area contributed by atoms with Crippen molar-refractivity contribution in [2.45, 2.75) is 6.42 Å². The summed E-state index contributed by atoms with van der Waals surface area (Å²) in [5.74, 6) is -3.90. The number of carboxylic acids is 1. The molecule has 0 saturated heterocycles. The Hall–Kier alpha value is -2.15. The molecule has 1 rings (SSSR count). The molecular weight excluding hydrogens is 278 g/mol. The van der Waals surface area contributed by atoms with Crippen molar-refractivity contribution in [3.8, 4) is 0 Å². The van der Waals surface area contributed by atoms with Gasteiger partial charge in [0.1, 0.15) is 0 Å². The van der Waals surface area contributed by atoms with Gasteiger partial charge in [-0.1, -0.05) is 11.6 Å². The third-order valence-corrected chi connectivity index (χ3v) is 2.68. The van der Waals surface area contributed by atoms with E-state index >= 15 is 0 Å².